The Morgan fingerprint density at radius 2 is 2.09 bits per heavy atom. The molecular weight excluding hydrogens is 334 g/mol. The first-order valence-electron chi connectivity index (χ1n) is 6.97. The van der Waals surface area contributed by atoms with Crippen LogP contribution in [0.15, 0.2) is 58.5 Å². The Morgan fingerprint density at radius 1 is 1.26 bits per heavy atom. The Hall–Kier alpha value is -2.24. The molecule has 0 spiro atoms. The number of ether oxygens (including phenoxy) is 1. The molecule has 1 aromatic carbocycles. The zero-order valence-electron chi connectivity index (χ0n) is 12.1. The molecule has 23 heavy (non-hydrogen) atoms. The molecule has 118 valence electrons. The monoisotopic (exact) mass is 347 g/mol. The molecule has 0 saturated heterocycles. The fraction of sp³-hybridized carbons (Fsp3) is 0.118. The Bertz CT molecular complexity index is 766. The van der Waals surface area contributed by atoms with Crippen molar-refractivity contribution >= 4 is 28.8 Å². The molecule has 0 radical (unpaired) electrons. The molecule has 4 nitrogen and oxygen atoms in total. The minimum atomic E-state index is -0.173. The van der Waals surface area contributed by atoms with Crippen molar-refractivity contribution in [3.05, 3.63) is 64.0 Å². The van der Waals surface area contributed by atoms with Gasteiger partial charge in [-0.05, 0) is 42.5 Å². The van der Waals surface area contributed by atoms with E-state index in [0.717, 1.165) is 16.2 Å². The van der Waals surface area contributed by atoms with E-state index >= 15 is 0 Å². The Kier molecular flexibility index (Phi) is 5.00. The van der Waals surface area contributed by atoms with Crippen molar-refractivity contribution in [2.45, 2.75) is 6.54 Å². The number of thiophene rings is 1. The van der Waals surface area contributed by atoms with E-state index in [1.807, 2.05) is 23.6 Å². The van der Waals surface area contributed by atoms with Gasteiger partial charge in [0.15, 0.2) is 6.61 Å². The standard InChI is InChI=1S/C17H14ClNO3S/c18-13-3-5-14(6-4-13)22-10-17(20)19-9-15-8-12(11-23-15)16-2-1-7-21-16/h1-8,11H,9-10H2,(H,19,20). The topological polar surface area (TPSA) is 51.5 Å². The van der Waals surface area contributed by atoms with Gasteiger partial charge in [-0.1, -0.05) is 11.6 Å². The van der Waals surface area contributed by atoms with Gasteiger partial charge < -0.3 is 14.5 Å². The summed E-state index contributed by atoms with van der Waals surface area (Å²) in [5.74, 6) is 1.26. The molecule has 0 bridgehead atoms. The molecule has 1 N–H and O–H groups in total. The highest BCUT2D eigenvalue weighted by Crippen LogP contribution is 2.25. The van der Waals surface area contributed by atoms with Gasteiger partial charge in [0, 0.05) is 20.8 Å². The summed E-state index contributed by atoms with van der Waals surface area (Å²) in [6.07, 6.45) is 1.64. The highest BCUT2D eigenvalue weighted by atomic mass is 35.5. The third kappa shape index (κ3) is 4.37. The summed E-state index contributed by atoms with van der Waals surface area (Å²) in [6.45, 7) is 0.437. The van der Waals surface area contributed by atoms with Crippen LogP contribution in [0, 0.1) is 0 Å². The largest absolute Gasteiger partial charge is 0.484 e. The fourth-order valence-electron chi connectivity index (χ4n) is 1.96. The van der Waals surface area contributed by atoms with E-state index < -0.39 is 0 Å². The van der Waals surface area contributed by atoms with E-state index in [-0.39, 0.29) is 12.5 Å². The average molecular weight is 348 g/mol. The summed E-state index contributed by atoms with van der Waals surface area (Å²) in [4.78, 5) is 12.9. The number of nitrogens with one attached hydrogen (secondary N) is 1. The van der Waals surface area contributed by atoms with Crippen LogP contribution in [0.2, 0.25) is 5.02 Å². The molecule has 2 heterocycles. The molecule has 0 aliphatic carbocycles. The lowest BCUT2D eigenvalue weighted by Gasteiger charge is -2.06. The number of carbonyl (C=O) groups is 1. The number of halogens is 1. The van der Waals surface area contributed by atoms with Crippen molar-refractivity contribution in [3.8, 4) is 17.1 Å². The van der Waals surface area contributed by atoms with Gasteiger partial charge in [0.2, 0.25) is 0 Å². The van der Waals surface area contributed by atoms with Crippen LogP contribution in [-0.2, 0) is 11.3 Å². The molecular formula is C17H14ClNO3S. The Morgan fingerprint density at radius 3 is 2.83 bits per heavy atom. The maximum atomic E-state index is 11.8. The molecule has 0 saturated carbocycles. The van der Waals surface area contributed by atoms with Crippen LogP contribution >= 0.6 is 22.9 Å². The van der Waals surface area contributed by atoms with Crippen LogP contribution in [-0.4, -0.2) is 12.5 Å². The molecule has 0 aliphatic rings. The SMILES string of the molecule is O=C(COc1ccc(Cl)cc1)NCc1cc(-c2ccco2)cs1. The van der Waals surface area contributed by atoms with Crippen molar-refractivity contribution in [2.24, 2.45) is 0 Å². The number of hydrogen-bond donors (Lipinski definition) is 1. The van der Waals surface area contributed by atoms with E-state index in [9.17, 15) is 4.79 Å². The predicted molar refractivity (Wildman–Crippen MR) is 90.8 cm³/mol. The van der Waals surface area contributed by atoms with Gasteiger partial charge in [0.1, 0.15) is 11.5 Å². The number of carbonyl (C=O) groups excluding carboxylic acids is 1. The smallest absolute Gasteiger partial charge is 0.258 e. The predicted octanol–water partition coefficient (Wildman–Crippen LogP) is 4.36. The van der Waals surface area contributed by atoms with Crippen LogP contribution in [0.1, 0.15) is 4.88 Å². The van der Waals surface area contributed by atoms with Gasteiger partial charge >= 0.3 is 0 Å². The van der Waals surface area contributed by atoms with Gasteiger partial charge in [0.25, 0.3) is 5.91 Å². The molecule has 0 fully saturated rings. The van der Waals surface area contributed by atoms with E-state index in [1.165, 1.54) is 0 Å². The van der Waals surface area contributed by atoms with Crippen LogP contribution in [0.4, 0.5) is 0 Å². The summed E-state index contributed by atoms with van der Waals surface area (Å²) in [5.41, 5.74) is 1.02. The lowest BCUT2D eigenvalue weighted by Crippen LogP contribution is -2.28. The maximum absolute atomic E-state index is 11.8. The van der Waals surface area contributed by atoms with Gasteiger partial charge in [-0.25, -0.2) is 0 Å². The van der Waals surface area contributed by atoms with Crippen LogP contribution in [0.5, 0.6) is 5.75 Å². The molecule has 6 heteroatoms. The average Bonchev–Trinajstić information content (AvgIpc) is 3.23. The number of hydrogen-bond acceptors (Lipinski definition) is 4. The lowest BCUT2D eigenvalue weighted by atomic mass is 10.2. The van der Waals surface area contributed by atoms with Crippen LogP contribution < -0.4 is 10.1 Å². The number of rotatable bonds is 6. The second kappa shape index (κ2) is 7.35. The van der Waals surface area contributed by atoms with Crippen molar-refractivity contribution in [1.29, 1.82) is 0 Å². The van der Waals surface area contributed by atoms with Crippen molar-refractivity contribution in [1.82, 2.24) is 5.32 Å². The second-order valence-corrected chi connectivity index (χ2v) is 6.23. The second-order valence-electron chi connectivity index (χ2n) is 4.80. The maximum Gasteiger partial charge on any atom is 0.258 e. The highest BCUT2D eigenvalue weighted by molar-refractivity contribution is 7.10. The zero-order valence-corrected chi connectivity index (χ0v) is 13.7. The summed E-state index contributed by atoms with van der Waals surface area (Å²) in [7, 11) is 0. The first kappa shape index (κ1) is 15.6. The molecule has 2 aromatic heterocycles. The molecule has 3 rings (SSSR count). The van der Waals surface area contributed by atoms with E-state index in [1.54, 1.807) is 41.9 Å². The number of amides is 1. The van der Waals surface area contributed by atoms with Gasteiger partial charge in [-0.3, -0.25) is 4.79 Å². The van der Waals surface area contributed by atoms with E-state index in [4.69, 9.17) is 20.8 Å². The lowest BCUT2D eigenvalue weighted by molar-refractivity contribution is -0.123. The fourth-order valence-corrected chi connectivity index (χ4v) is 2.90. The van der Waals surface area contributed by atoms with E-state index in [0.29, 0.717) is 17.3 Å². The minimum Gasteiger partial charge on any atom is -0.484 e. The third-order valence-electron chi connectivity index (χ3n) is 3.10. The first-order valence-corrected chi connectivity index (χ1v) is 8.23. The number of furan rings is 1. The van der Waals surface area contributed by atoms with Crippen LogP contribution in [0.25, 0.3) is 11.3 Å². The minimum absolute atomic E-state index is 0.0297. The normalized spacial score (nSPS) is 10.5. The number of benzene rings is 1. The van der Waals surface area contributed by atoms with E-state index in [2.05, 4.69) is 5.32 Å². The third-order valence-corrected chi connectivity index (χ3v) is 4.29. The summed E-state index contributed by atoms with van der Waals surface area (Å²) in [5, 5.41) is 5.46. The van der Waals surface area contributed by atoms with Crippen molar-refractivity contribution in [3.63, 3.8) is 0 Å². The molecule has 0 aliphatic heterocycles. The highest BCUT2D eigenvalue weighted by Gasteiger charge is 2.07. The van der Waals surface area contributed by atoms with Crippen molar-refractivity contribution < 1.29 is 13.9 Å². The Balaban J connectivity index is 1.46. The van der Waals surface area contributed by atoms with Gasteiger partial charge in [-0.2, -0.15) is 0 Å². The molecule has 0 unspecified atom stereocenters. The molecule has 1 amide bonds. The van der Waals surface area contributed by atoms with Crippen molar-refractivity contribution in [2.75, 3.05) is 6.61 Å². The van der Waals surface area contributed by atoms with Crippen LogP contribution in [0.3, 0.4) is 0 Å². The summed E-state index contributed by atoms with van der Waals surface area (Å²) in [6, 6.07) is 12.7. The molecule has 3 aromatic rings. The quantitative estimate of drug-likeness (QED) is 0.721. The zero-order chi connectivity index (χ0) is 16.1. The van der Waals surface area contributed by atoms with Gasteiger partial charge in [-0.15, -0.1) is 11.3 Å². The molecule has 0 atom stereocenters. The summed E-state index contributed by atoms with van der Waals surface area (Å²) >= 11 is 7.37. The summed E-state index contributed by atoms with van der Waals surface area (Å²) < 4.78 is 10.7. The first-order chi connectivity index (χ1) is 11.2. The Labute approximate surface area is 142 Å². The van der Waals surface area contributed by atoms with Gasteiger partial charge in [0.05, 0.1) is 12.8 Å².